The molecular weight excluding hydrogens is 273 g/mol. The van der Waals surface area contributed by atoms with E-state index in [1.807, 2.05) is 0 Å². The number of nitrogens with zero attached hydrogens (tertiary/aromatic N) is 1. The normalized spacial score (nSPS) is 12.6. The zero-order valence-corrected chi connectivity index (χ0v) is 10.7. The van der Waals surface area contributed by atoms with Gasteiger partial charge in [0.05, 0.1) is 23.1 Å². The fourth-order valence-electron chi connectivity index (χ4n) is 1.63. The molecule has 0 saturated carbocycles. The van der Waals surface area contributed by atoms with Crippen LogP contribution >= 0.6 is 0 Å². The van der Waals surface area contributed by atoms with Gasteiger partial charge in [-0.1, -0.05) is 6.92 Å². The van der Waals surface area contributed by atoms with E-state index in [0.29, 0.717) is 6.42 Å². The molecule has 0 bridgehead atoms. The van der Waals surface area contributed by atoms with E-state index in [0.717, 1.165) is 12.1 Å². The molecule has 0 fully saturated rings. The van der Waals surface area contributed by atoms with Crippen molar-refractivity contribution < 1.29 is 23.1 Å². The third-order valence-corrected chi connectivity index (χ3v) is 2.84. The van der Waals surface area contributed by atoms with Crippen molar-refractivity contribution in [3.8, 4) is 6.07 Å². The molecular formula is C13H13F3N2O2. The van der Waals surface area contributed by atoms with Crippen LogP contribution in [0, 0.1) is 17.2 Å². The molecule has 0 heterocycles. The summed E-state index contributed by atoms with van der Waals surface area (Å²) in [6, 6.07) is 4.68. The molecule has 108 valence electrons. The van der Waals surface area contributed by atoms with Gasteiger partial charge in [0, 0.05) is 12.2 Å². The molecule has 20 heavy (non-hydrogen) atoms. The molecule has 0 aliphatic carbocycles. The van der Waals surface area contributed by atoms with Crippen LogP contribution in [-0.2, 0) is 11.0 Å². The van der Waals surface area contributed by atoms with E-state index in [1.54, 1.807) is 6.92 Å². The number of hydrogen-bond acceptors (Lipinski definition) is 3. The number of carboxylic acids is 1. The van der Waals surface area contributed by atoms with Crippen LogP contribution in [0.5, 0.6) is 0 Å². The van der Waals surface area contributed by atoms with Gasteiger partial charge in [-0.2, -0.15) is 18.4 Å². The summed E-state index contributed by atoms with van der Waals surface area (Å²) in [6.07, 6.45) is -4.26. The van der Waals surface area contributed by atoms with Crippen molar-refractivity contribution in [1.29, 1.82) is 5.26 Å². The summed E-state index contributed by atoms with van der Waals surface area (Å²) in [5.74, 6) is -1.69. The van der Waals surface area contributed by atoms with Crippen molar-refractivity contribution in [3.05, 3.63) is 29.3 Å². The van der Waals surface area contributed by atoms with Crippen LogP contribution in [0.1, 0.15) is 24.5 Å². The first-order chi connectivity index (χ1) is 9.29. The number of anilines is 1. The molecule has 7 heteroatoms. The Bertz CT molecular complexity index is 535. The van der Waals surface area contributed by atoms with Gasteiger partial charge < -0.3 is 10.4 Å². The first kappa shape index (κ1) is 15.8. The highest BCUT2D eigenvalue weighted by Crippen LogP contribution is 2.33. The molecule has 0 radical (unpaired) electrons. The van der Waals surface area contributed by atoms with Gasteiger partial charge in [0.2, 0.25) is 0 Å². The Labute approximate surface area is 113 Å². The van der Waals surface area contributed by atoms with Gasteiger partial charge in [-0.05, 0) is 24.6 Å². The first-order valence-electron chi connectivity index (χ1n) is 5.87. The number of alkyl halides is 3. The Morgan fingerprint density at radius 3 is 2.60 bits per heavy atom. The van der Waals surface area contributed by atoms with E-state index in [2.05, 4.69) is 5.32 Å². The van der Waals surface area contributed by atoms with Crippen LogP contribution in [-0.4, -0.2) is 17.6 Å². The number of nitriles is 1. The molecule has 0 aliphatic rings. The summed E-state index contributed by atoms with van der Waals surface area (Å²) >= 11 is 0. The molecule has 1 atom stereocenters. The monoisotopic (exact) mass is 286 g/mol. The summed E-state index contributed by atoms with van der Waals surface area (Å²) in [7, 11) is 0. The average molecular weight is 286 g/mol. The second-order valence-corrected chi connectivity index (χ2v) is 4.19. The van der Waals surface area contributed by atoms with Crippen LogP contribution in [0.3, 0.4) is 0 Å². The SMILES string of the molecule is CCC(CNc1ccc(C#N)c(C(F)(F)F)c1)C(=O)O. The number of carbonyl (C=O) groups is 1. The lowest BCUT2D eigenvalue weighted by atomic mass is 10.1. The first-order valence-corrected chi connectivity index (χ1v) is 5.87. The molecule has 0 amide bonds. The number of carboxylic acid groups (broad SMARTS) is 1. The number of halogens is 3. The van der Waals surface area contributed by atoms with Gasteiger partial charge in [0.15, 0.2) is 0 Å². The summed E-state index contributed by atoms with van der Waals surface area (Å²) in [4.78, 5) is 10.8. The number of rotatable bonds is 5. The molecule has 0 aliphatic heterocycles. The minimum Gasteiger partial charge on any atom is -0.481 e. The standard InChI is InChI=1S/C13H13F3N2O2/c1-2-8(12(19)20)7-18-10-4-3-9(6-17)11(5-10)13(14,15)16/h3-5,8,18H,2,7H2,1H3,(H,19,20). The van der Waals surface area contributed by atoms with Gasteiger partial charge in [0.1, 0.15) is 0 Å². The fourth-order valence-corrected chi connectivity index (χ4v) is 1.63. The summed E-state index contributed by atoms with van der Waals surface area (Å²) in [6.45, 7) is 1.70. The lowest BCUT2D eigenvalue weighted by molar-refractivity contribution is -0.141. The maximum atomic E-state index is 12.7. The largest absolute Gasteiger partial charge is 0.481 e. The lowest BCUT2D eigenvalue weighted by Crippen LogP contribution is -2.22. The van der Waals surface area contributed by atoms with Crippen molar-refractivity contribution in [2.45, 2.75) is 19.5 Å². The number of nitrogens with one attached hydrogen (secondary N) is 1. The van der Waals surface area contributed by atoms with Crippen molar-refractivity contribution >= 4 is 11.7 Å². The van der Waals surface area contributed by atoms with Gasteiger partial charge in [-0.3, -0.25) is 4.79 Å². The van der Waals surface area contributed by atoms with E-state index in [1.165, 1.54) is 12.1 Å². The Hall–Kier alpha value is -2.23. The van der Waals surface area contributed by atoms with E-state index in [4.69, 9.17) is 10.4 Å². The molecule has 4 nitrogen and oxygen atoms in total. The van der Waals surface area contributed by atoms with E-state index >= 15 is 0 Å². The smallest absolute Gasteiger partial charge is 0.417 e. The highest BCUT2D eigenvalue weighted by Gasteiger charge is 2.33. The third kappa shape index (κ3) is 3.88. The minimum atomic E-state index is -4.63. The van der Waals surface area contributed by atoms with Crippen molar-refractivity contribution in [3.63, 3.8) is 0 Å². The van der Waals surface area contributed by atoms with E-state index in [9.17, 15) is 18.0 Å². The third-order valence-electron chi connectivity index (χ3n) is 2.84. The molecule has 0 aromatic heterocycles. The van der Waals surface area contributed by atoms with E-state index < -0.39 is 29.2 Å². The number of benzene rings is 1. The van der Waals surface area contributed by atoms with Gasteiger partial charge in [0.25, 0.3) is 0 Å². The molecule has 1 unspecified atom stereocenters. The highest BCUT2D eigenvalue weighted by molar-refractivity contribution is 5.70. The van der Waals surface area contributed by atoms with Crippen molar-refractivity contribution in [2.24, 2.45) is 5.92 Å². The van der Waals surface area contributed by atoms with Crippen LogP contribution in [0.25, 0.3) is 0 Å². The van der Waals surface area contributed by atoms with Gasteiger partial charge in [-0.25, -0.2) is 0 Å². The Morgan fingerprint density at radius 2 is 2.15 bits per heavy atom. The summed E-state index contributed by atoms with van der Waals surface area (Å²) in [5.41, 5.74) is -1.36. The summed E-state index contributed by atoms with van der Waals surface area (Å²) < 4.78 is 38.2. The number of aliphatic carboxylic acids is 1. The molecule has 1 rings (SSSR count). The molecule has 1 aromatic rings. The zero-order valence-electron chi connectivity index (χ0n) is 10.7. The average Bonchev–Trinajstić information content (AvgIpc) is 2.37. The van der Waals surface area contributed by atoms with Crippen LogP contribution < -0.4 is 5.32 Å². The van der Waals surface area contributed by atoms with Crippen molar-refractivity contribution in [1.82, 2.24) is 0 Å². The fraction of sp³-hybridized carbons (Fsp3) is 0.385. The summed E-state index contributed by atoms with van der Waals surface area (Å²) in [5, 5.41) is 20.2. The Morgan fingerprint density at radius 1 is 1.50 bits per heavy atom. The molecule has 2 N–H and O–H groups in total. The van der Waals surface area contributed by atoms with Crippen LogP contribution in [0.2, 0.25) is 0 Å². The topological polar surface area (TPSA) is 73.1 Å². The predicted molar refractivity (Wildman–Crippen MR) is 66.1 cm³/mol. The highest BCUT2D eigenvalue weighted by atomic mass is 19.4. The Balaban J connectivity index is 2.94. The second kappa shape index (κ2) is 6.28. The number of hydrogen-bond donors (Lipinski definition) is 2. The molecule has 1 aromatic carbocycles. The zero-order chi connectivity index (χ0) is 15.3. The van der Waals surface area contributed by atoms with Gasteiger partial charge in [-0.15, -0.1) is 0 Å². The quantitative estimate of drug-likeness (QED) is 0.872. The molecule has 0 spiro atoms. The minimum absolute atomic E-state index is 0.0228. The van der Waals surface area contributed by atoms with Crippen LogP contribution in [0.4, 0.5) is 18.9 Å². The molecule has 0 saturated heterocycles. The van der Waals surface area contributed by atoms with E-state index in [-0.39, 0.29) is 12.2 Å². The second-order valence-electron chi connectivity index (χ2n) is 4.19. The Kier molecular flexibility index (Phi) is 4.97. The maximum Gasteiger partial charge on any atom is 0.417 e. The van der Waals surface area contributed by atoms with Crippen molar-refractivity contribution in [2.75, 3.05) is 11.9 Å². The van der Waals surface area contributed by atoms with Gasteiger partial charge >= 0.3 is 12.1 Å². The maximum absolute atomic E-state index is 12.7. The predicted octanol–water partition coefficient (Wildman–Crippen LogP) is 3.10. The van der Waals surface area contributed by atoms with Crippen LogP contribution in [0.15, 0.2) is 18.2 Å². The lowest BCUT2D eigenvalue weighted by Gasteiger charge is -2.14.